The van der Waals surface area contributed by atoms with Gasteiger partial charge in [-0.15, -0.1) is 0 Å². The van der Waals surface area contributed by atoms with Crippen molar-refractivity contribution in [2.75, 3.05) is 16.3 Å². The van der Waals surface area contributed by atoms with Gasteiger partial charge in [-0.25, -0.2) is 14.8 Å². The summed E-state index contributed by atoms with van der Waals surface area (Å²) in [6.45, 7) is -0.0569. The minimum atomic E-state index is -4.63. The van der Waals surface area contributed by atoms with Crippen LogP contribution >= 0.6 is 0 Å². The third-order valence-electron chi connectivity index (χ3n) is 4.37. The summed E-state index contributed by atoms with van der Waals surface area (Å²) in [7, 11) is 0. The number of amides is 2. The molecule has 140 valence electrons. The molecule has 1 aromatic carbocycles. The topological polar surface area (TPSA) is 86.0 Å². The third kappa shape index (κ3) is 2.87. The van der Waals surface area contributed by atoms with Crippen LogP contribution in [0.1, 0.15) is 5.69 Å². The highest BCUT2D eigenvalue weighted by molar-refractivity contribution is 6.11. The standard InChI is InChI=1S/C18H11F3N6O/c19-18(20,21)15-8-25-16(9-24-15)26-10-12(5-22)27(17(26)28)14-7-23-6-11-3-1-2-4-13(11)14/h1-4,6-9,12H,10H2/t12-/m1/s1. The van der Waals surface area contributed by atoms with E-state index in [-0.39, 0.29) is 12.4 Å². The van der Waals surface area contributed by atoms with Gasteiger partial charge in [-0.1, -0.05) is 24.3 Å². The number of alkyl halides is 3. The zero-order valence-corrected chi connectivity index (χ0v) is 14.1. The predicted octanol–water partition coefficient (Wildman–Crippen LogP) is 3.38. The highest BCUT2D eigenvalue weighted by atomic mass is 19.4. The fourth-order valence-corrected chi connectivity index (χ4v) is 3.06. The van der Waals surface area contributed by atoms with Crippen molar-refractivity contribution in [2.45, 2.75) is 12.2 Å². The molecule has 0 radical (unpaired) electrons. The fraction of sp³-hybridized carbons (Fsp3) is 0.167. The largest absolute Gasteiger partial charge is 0.434 e. The fourth-order valence-electron chi connectivity index (χ4n) is 3.06. The Morgan fingerprint density at radius 2 is 1.89 bits per heavy atom. The molecule has 4 rings (SSSR count). The van der Waals surface area contributed by atoms with Gasteiger partial charge < -0.3 is 0 Å². The normalized spacial score (nSPS) is 17.2. The summed E-state index contributed by atoms with van der Waals surface area (Å²) in [6, 6.07) is 7.86. The van der Waals surface area contributed by atoms with Gasteiger partial charge in [0.2, 0.25) is 0 Å². The van der Waals surface area contributed by atoms with Crippen LogP contribution in [-0.4, -0.2) is 33.6 Å². The van der Waals surface area contributed by atoms with E-state index in [1.165, 1.54) is 11.1 Å². The summed E-state index contributed by atoms with van der Waals surface area (Å²) in [4.78, 5) is 26.5. The molecule has 3 heterocycles. The number of benzene rings is 1. The molecule has 0 saturated carbocycles. The van der Waals surface area contributed by atoms with Crippen LogP contribution in [-0.2, 0) is 6.18 Å². The lowest BCUT2D eigenvalue weighted by Crippen LogP contribution is -2.35. The number of nitriles is 1. The predicted molar refractivity (Wildman–Crippen MR) is 93.4 cm³/mol. The lowest BCUT2D eigenvalue weighted by atomic mass is 10.1. The number of aromatic nitrogens is 3. The van der Waals surface area contributed by atoms with E-state index in [0.717, 1.165) is 21.9 Å². The van der Waals surface area contributed by atoms with Crippen molar-refractivity contribution >= 4 is 28.3 Å². The molecule has 1 fully saturated rings. The van der Waals surface area contributed by atoms with Crippen molar-refractivity contribution in [1.82, 2.24) is 15.0 Å². The maximum atomic E-state index is 13.0. The smallest absolute Gasteiger partial charge is 0.274 e. The first-order valence-electron chi connectivity index (χ1n) is 8.12. The Hall–Kier alpha value is -3.74. The molecule has 1 saturated heterocycles. The summed E-state index contributed by atoms with van der Waals surface area (Å²) in [5.74, 6) is -0.0612. The lowest BCUT2D eigenvalue weighted by molar-refractivity contribution is -0.141. The third-order valence-corrected chi connectivity index (χ3v) is 4.37. The molecule has 10 heteroatoms. The minimum absolute atomic E-state index is 0.0569. The Labute approximate surface area is 156 Å². The molecule has 7 nitrogen and oxygen atoms in total. The van der Waals surface area contributed by atoms with Crippen LogP contribution in [0.3, 0.4) is 0 Å². The molecule has 2 aromatic heterocycles. The van der Waals surface area contributed by atoms with Crippen molar-refractivity contribution in [1.29, 1.82) is 5.26 Å². The number of halogens is 3. The molecule has 0 aliphatic carbocycles. The highest BCUT2D eigenvalue weighted by Crippen LogP contribution is 2.33. The van der Waals surface area contributed by atoms with Crippen LogP contribution in [0.25, 0.3) is 10.8 Å². The van der Waals surface area contributed by atoms with Gasteiger partial charge in [0.1, 0.15) is 6.04 Å². The van der Waals surface area contributed by atoms with Gasteiger partial charge >= 0.3 is 12.2 Å². The first-order valence-corrected chi connectivity index (χ1v) is 8.12. The van der Waals surface area contributed by atoms with Crippen LogP contribution in [0.4, 0.5) is 29.5 Å². The Morgan fingerprint density at radius 3 is 2.57 bits per heavy atom. The van der Waals surface area contributed by atoms with Gasteiger partial charge in [0.15, 0.2) is 11.5 Å². The lowest BCUT2D eigenvalue weighted by Gasteiger charge is -2.20. The molecule has 1 aliphatic rings. The van der Waals surface area contributed by atoms with Crippen LogP contribution < -0.4 is 9.80 Å². The number of pyridine rings is 1. The van der Waals surface area contributed by atoms with Gasteiger partial charge in [0.05, 0.1) is 36.9 Å². The van der Waals surface area contributed by atoms with E-state index in [0.29, 0.717) is 11.9 Å². The molecule has 0 N–H and O–H groups in total. The van der Waals surface area contributed by atoms with Gasteiger partial charge in [0.25, 0.3) is 0 Å². The van der Waals surface area contributed by atoms with Crippen LogP contribution in [0, 0.1) is 11.3 Å². The van der Waals surface area contributed by atoms with Crippen molar-refractivity contribution in [3.05, 3.63) is 54.7 Å². The van der Waals surface area contributed by atoms with Crippen LogP contribution in [0.15, 0.2) is 49.1 Å². The number of hydrogen-bond donors (Lipinski definition) is 0. The van der Waals surface area contributed by atoms with Crippen molar-refractivity contribution in [3.8, 4) is 6.07 Å². The average Bonchev–Trinajstić information content (AvgIpc) is 3.03. The molecular weight excluding hydrogens is 373 g/mol. The van der Waals surface area contributed by atoms with E-state index < -0.39 is 23.9 Å². The quantitative estimate of drug-likeness (QED) is 0.676. The van der Waals surface area contributed by atoms with Gasteiger partial charge in [-0.2, -0.15) is 18.4 Å². The number of hydrogen-bond acceptors (Lipinski definition) is 5. The molecule has 0 unspecified atom stereocenters. The summed E-state index contributed by atoms with van der Waals surface area (Å²) in [6.07, 6.45) is -0.0745. The number of fused-ring (bicyclic) bond motifs is 1. The summed E-state index contributed by atoms with van der Waals surface area (Å²) >= 11 is 0. The monoisotopic (exact) mass is 384 g/mol. The SMILES string of the molecule is N#C[C@@H]1CN(c2cnc(C(F)(F)F)cn2)C(=O)N1c1cncc2ccccc12. The van der Waals surface area contributed by atoms with Crippen molar-refractivity contribution in [2.24, 2.45) is 0 Å². The second-order valence-corrected chi connectivity index (χ2v) is 6.05. The van der Waals surface area contributed by atoms with E-state index in [1.807, 2.05) is 12.1 Å². The first kappa shape index (κ1) is 17.7. The Kier molecular flexibility index (Phi) is 4.07. The first-order chi connectivity index (χ1) is 13.4. The molecule has 2 amide bonds. The Balaban J connectivity index is 1.73. The molecule has 0 bridgehead atoms. The summed E-state index contributed by atoms with van der Waals surface area (Å²) < 4.78 is 38.0. The Bertz CT molecular complexity index is 1090. The molecule has 0 spiro atoms. The van der Waals surface area contributed by atoms with Crippen molar-refractivity contribution in [3.63, 3.8) is 0 Å². The van der Waals surface area contributed by atoms with Gasteiger partial charge in [-0.05, 0) is 0 Å². The average molecular weight is 384 g/mol. The molecule has 28 heavy (non-hydrogen) atoms. The second kappa shape index (κ2) is 6.45. The van der Waals surface area contributed by atoms with E-state index in [2.05, 4.69) is 21.0 Å². The number of nitrogens with zero attached hydrogens (tertiary/aromatic N) is 6. The van der Waals surface area contributed by atoms with E-state index in [9.17, 15) is 23.2 Å². The van der Waals surface area contributed by atoms with Crippen LogP contribution in [0.2, 0.25) is 0 Å². The zero-order valence-electron chi connectivity index (χ0n) is 14.1. The van der Waals surface area contributed by atoms with Crippen molar-refractivity contribution < 1.29 is 18.0 Å². The summed E-state index contributed by atoms with van der Waals surface area (Å²) in [5.41, 5.74) is -0.716. The summed E-state index contributed by atoms with van der Waals surface area (Å²) in [5, 5.41) is 11.0. The highest BCUT2D eigenvalue weighted by Gasteiger charge is 2.41. The second-order valence-electron chi connectivity index (χ2n) is 6.05. The zero-order chi connectivity index (χ0) is 19.9. The molecule has 3 aromatic rings. The van der Waals surface area contributed by atoms with E-state index in [4.69, 9.17) is 0 Å². The number of anilines is 2. The van der Waals surface area contributed by atoms with E-state index in [1.54, 1.807) is 18.3 Å². The molecule has 1 atom stereocenters. The number of carbonyl (C=O) groups is 1. The number of rotatable bonds is 2. The maximum Gasteiger partial charge on any atom is 0.434 e. The number of carbonyl (C=O) groups excluding carboxylic acids is 1. The minimum Gasteiger partial charge on any atom is -0.274 e. The Morgan fingerprint density at radius 1 is 1.11 bits per heavy atom. The molecular formula is C18H11F3N6O. The molecule has 1 aliphatic heterocycles. The van der Waals surface area contributed by atoms with Gasteiger partial charge in [0, 0.05) is 17.0 Å². The maximum absolute atomic E-state index is 13.0. The number of urea groups is 1. The van der Waals surface area contributed by atoms with E-state index >= 15 is 0 Å². The van der Waals surface area contributed by atoms with Crippen LogP contribution in [0.5, 0.6) is 0 Å². The van der Waals surface area contributed by atoms with Gasteiger partial charge in [-0.3, -0.25) is 14.8 Å².